The molecule has 0 amide bonds. The van der Waals surface area contributed by atoms with Crippen LogP contribution in [0, 0.1) is 5.92 Å². The van der Waals surface area contributed by atoms with Crippen LogP contribution in [0.5, 0.6) is 11.5 Å². The van der Waals surface area contributed by atoms with Crippen LogP contribution in [-0.4, -0.2) is 49.3 Å². The monoisotopic (exact) mass is 367 g/mol. The van der Waals surface area contributed by atoms with Gasteiger partial charge in [0, 0.05) is 50.4 Å². The molecule has 1 fully saturated rings. The van der Waals surface area contributed by atoms with Crippen molar-refractivity contribution in [1.82, 2.24) is 15.2 Å². The lowest BCUT2D eigenvalue weighted by Crippen LogP contribution is -2.44. The van der Waals surface area contributed by atoms with Crippen molar-refractivity contribution in [2.75, 3.05) is 33.4 Å². The van der Waals surface area contributed by atoms with Gasteiger partial charge in [-0.2, -0.15) is 0 Å². The summed E-state index contributed by atoms with van der Waals surface area (Å²) in [5, 5.41) is 3.78. The molecule has 144 valence electrons. The van der Waals surface area contributed by atoms with E-state index in [1.165, 1.54) is 24.1 Å². The molecule has 27 heavy (non-hydrogen) atoms. The van der Waals surface area contributed by atoms with Crippen LogP contribution in [0.15, 0.2) is 42.6 Å². The van der Waals surface area contributed by atoms with Crippen molar-refractivity contribution in [3.05, 3.63) is 53.9 Å². The van der Waals surface area contributed by atoms with Gasteiger partial charge in [0.2, 0.25) is 0 Å². The number of benzene rings is 1. The molecule has 1 aromatic carbocycles. The first-order valence-corrected chi connectivity index (χ1v) is 9.95. The highest BCUT2D eigenvalue weighted by Crippen LogP contribution is 2.30. The van der Waals surface area contributed by atoms with Crippen LogP contribution in [-0.2, 0) is 13.0 Å². The second kappa shape index (κ2) is 8.72. The summed E-state index contributed by atoms with van der Waals surface area (Å²) in [6, 6.07) is 12.9. The van der Waals surface area contributed by atoms with Crippen LogP contribution in [0.4, 0.5) is 0 Å². The van der Waals surface area contributed by atoms with Crippen molar-refractivity contribution in [3.63, 3.8) is 0 Å². The molecule has 4 rings (SSSR count). The van der Waals surface area contributed by atoms with E-state index in [9.17, 15) is 0 Å². The highest BCUT2D eigenvalue weighted by Gasteiger charge is 2.23. The molecule has 1 atom stereocenters. The van der Waals surface area contributed by atoms with Crippen LogP contribution in [0.25, 0.3) is 0 Å². The number of methoxy groups -OCH3 is 1. The Morgan fingerprint density at radius 1 is 1.22 bits per heavy atom. The van der Waals surface area contributed by atoms with Gasteiger partial charge in [-0.3, -0.25) is 9.88 Å². The number of rotatable bonds is 6. The molecule has 2 aliphatic rings. The van der Waals surface area contributed by atoms with Gasteiger partial charge in [0.25, 0.3) is 0 Å². The molecule has 2 aliphatic heterocycles. The third-order valence-electron chi connectivity index (χ3n) is 5.65. The highest BCUT2D eigenvalue weighted by atomic mass is 16.5. The molecule has 1 N–H and O–H groups in total. The van der Waals surface area contributed by atoms with E-state index in [0.29, 0.717) is 12.0 Å². The standard InChI is InChI=1S/C22H29N3O2/c1-26-21-6-5-18-12-17(16-27-22(18)13-21)14-24-19-7-10-25(11-8-19)15-20-4-2-3-9-23-20/h2-6,9,13,17,19,24H,7-8,10-12,14-16H2,1H3. The van der Waals surface area contributed by atoms with E-state index >= 15 is 0 Å². The molecule has 1 saturated heterocycles. The normalized spacial score (nSPS) is 20.7. The Hall–Kier alpha value is -2.11. The predicted octanol–water partition coefficient (Wildman–Crippen LogP) is 2.90. The van der Waals surface area contributed by atoms with Gasteiger partial charge in [0.05, 0.1) is 19.4 Å². The SMILES string of the molecule is COc1ccc2c(c1)OCC(CNC1CCN(Cc3ccccn3)CC1)C2. The van der Waals surface area contributed by atoms with Crippen LogP contribution >= 0.6 is 0 Å². The smallest absolute Gasteiger partial charge is 0.126 e. The summed E-state index contributed by atoms with van der Waals surface area (Å²) in [5.41, 5.74) is 2.46. The summed E-state index contributed by atoms with van der Waals surface area (Å²) < 4.78 is 11.2. The molecule has 0 bridgehead atoms. The summed E-state index contributed by atoms with van der Waals surface area (Å²) in [5.74, 6) is 2.38. The summed E-state index contributed by atoms with van der Waals surface area (Å²) in [7, 11) is 1.69. The first-order valence-electron chi connectivity index (χ1n) is 9.95. The lowest BCUT2D eigenvalue weighted by atomic mass is 9.95. The first-order chi connectivity index (χ1) is 13.3. The van der Waals surface area contributed by atoms with Crippen molar-refractivity contribution >= 4 is 0 Å². The Morgan fingerprint density at radius 2 is 2.11 bits per heavy atom. The molecule has 2 aromatic rings. The summed E-state index contributed by atoms with van der Waals surface area (Å²) in [4.78, 5) is 6.95. The average molecular weight is 367 g/mol. The van der Waals surface area contributed by atoms with E-state index in [4.69, 9.17) is 9.47 Å². The zero-order chi connectivity index (χ0) is 18.5. The van der Waals surface area contributed by atoms with Crippen LogP contribution in [0.3, 0.4) is 0 Å². The van der Waals surface area contributed by atoms with E-state index in [1.807, 2.05) is 24.4 Å². The maximum absolute atomic E-state index is 5.97. The van der Waals surface area contributed by atoms with E-state index < -0.39 is 0 Å². The van der Waals surface area contributed by atoms with Crippen molar-refractivity contribution in [2.45, 2.75) is 31.8 Å². The van der Waals surface area contributed by atoms with E-state index in [1.54, 1.807) is 7.11 Å². The molecule has 5 nitrogen and oxygen atoms in total. The number of ether oxygens (including phenoxy) is 2. The van der Waals surface area contributed by atoms with E-state index in [-0.39, 0.29) is 0 Å². The van der Waals surface area contributed by atoms with Gasteiger partial charge in [-0.15, -0.1) is 0 Å². The van der Waals surface area contributed by atoms with Crippen LogP contribution in [0.2, 0.25) is 0 Å². The molecule has 0 radical (unpaired) electrons. The van der Waals surface area contributed by atoms with Gasteiger partial charge in [0.15, 0.2) is 0 Å². The predicted molar refractivity (Wildman–Crippen MR) is 106 cm³/mol. The lowest BCUT2D eigenvalue weighted by molar-refractivity contribution is 0.174. The van der Waals surface area contributed by atoms with Crippen molar-refractivity contribution in [2.24, 2.45) is 5.92 Å². The number of hydrogen-bond acceptors (Lipinski definition) is 5. The highest BCUT2D eigenvalue weighted by molar-refractivity contribution is 5.42. The van der Waals surface area contributed by atoms with Gasteiger partial charge in [-0.05, 0) is 43.0 Å². The Kier molecular flexibility index (Phi) is 5.90. The van der Waals surface area contributed by atoms with Crippen molar-refractivity contribution in [1.29, 1.82) is 0 Å². The van der Waals surface area contributed by atoms with Crippen LogP contribution in [0.1, 0.15) is 24.1 Å². The number of likely N-dealkylation sites (tertiary alicyclic amines) is 1. The average Bonchev–Trinajstić information content (AvgIpc) is 2.73. The first kappa shape index (κ1) is 18.3. The van der Waals surface area contributed by atoms with Gasteiger partial charge >= 0.3 is 0 Å². The zero-order valence-corrected chi connectivity index (χ0v) is 16.1. The number of nitrogens with one attached hydrogen (secondary N) is 1. The molecule has 0 spiro atoms. The summed E-state index contributed by atoms with van der Waals surface area (Å²) in [6.45, 7) is 5.04. The number of aromatic nitrogens is 1. The number of pyridine rings is 1. The minimum absolute atomic E-state index is 0.539. The Morgan fingerprint density at radius 3 is 2.89 bits per heavy atom. The Bertz CT molecular complexity index is 730. The molecular formula is C22H29N3O2. The Balaban J connectivity index is 1.20. The molecular weight excluding hydrogens is 338 g/mol. The largest absolute Gasteiger partial charge is 0.497 e. The van der Waals surface area contributed by atoms with Gasteiger partial charge in [0.1, 0.15) is 11.5 Å². The molecule has 3 heterocycles. The van der Waals surface area contributed by atoms with Crippen LogP contribution < -0.4 is 14.8 Å². The second-order valence-corrected chi connectivity index (χ2v) is 7.63. The summed E-state index contributed by atoms with van der Waals surface area (Å²) in [6.07, 6.45) is 5.36. The van der Waals surface area contributed by atoms with Gasteiger partial charge in [-0.1, -0.05) is 12.1 Å². The number of fused-ring (bicyclic) bond motifs is 1. The summed E-state index contributed by atoms with van der Waals surface area (Å²) >= 11 is 0. The quantitative estimate of drug-likeness (QED) is 0.851. The molecule has 0 aliphatic carbocycles. The number of nitrogens with zero attached hydrogens (tertiary/aromatic N) is 2. The third kappa shape index (κ3) is 4.79. The third-order valence-corrected chi connectivity index (χ3v) is 5.65. The van der Waals surface area contributed by atoms with E-state index in [0.717, 1.165) is 50.7 Å². The topological polar surface area (TPSA) is 46.6 Å². The van der Waals surface area contributed by atoms with Crippen molar-refractivity contribution in [3.8, 4) is 11.5 Å². The fourth-order valence-corrected chi connectivity index (χ4v) is 4.02. The maximum atomic E-state index is 5.97. The number of piperidine rings is 1. The van der Waals surface area contributed by atoms with Gasteiger partial charge in [-0.25, -0.2) is 0 Å². The molecule has 0 saturated carbocycles. The van der Waals surface area contributed by atoms with Gasteiger partial charge < -0.3 is 14.8 Å². The fraction of sp³-hybridized carbons (Fsp3) is 0.500. The minimum Gasteiger partial charge on any atom is -0.497 e. The fourth-order valence-electron chi connectivity index (χ4n) is 4.02. The Labute approximate surface area is 161 Å². The zero-order valence-electron chi connectivity index (χ0n) is 16.1. The molecule has 5 heteroatoms. The second-order valence-electron chi connectivity index (χ2n) is 7.63. The lowest BCUT2D eigenvalue weighted by Gasteiger charge is -2.33. The molecule has 1 unspecified atom stereocenters. The number of hydrogen-bond donors (Lipinski definition) is 1. The van der Waals surface area contributed by atoms with Crippen molar-refractivity contribution < 1.29 is 9.47 Å². The maximum Gasteiger partial charge on any atom is 0.126 e. The molecule has 1 aromatic heterocycles. The minimum atomic E-state index is 0.539. The van der Waals surface area contributed by atoms with E-state index in [2.05, 4.69) is 33.4 Å².